The number of carbonyl (C=O) groups is 1. The summed E-state index contributed by atoms with van der Waals surface area (Å²) in [7, 11) is -3.31. The second-order valence-corrected chi connectivity index (χ2v) is 9.90. The predicted octanol–water partition coefficient (Wildman–Crippen LogP) is 3.23. The normalized spacial score (nSPS) is 16.3. The SMILES string of the molecule is Cc1ccc(SCCNC(=O)c2ccc3c(c2)CC(C)N3S(C)(=O)=O)cc1. The Kier molecular flexibility index (Phi) is 5.81. The molecule has 0 spiro atoms. The summed E-state index contributed by atoms with van der Waals surface area (Å²) in [5.74, 6) is 0.659. The molecule has 1 amide bonds. The van der Waals surface area contributed by atoms with Gasteiger partial charge in [0.15, 0.2) is 0 Å². The standard InChI is InChI=1S/C20H24N2O3S2/c1-14-4-7-18(8-5-14)26-11-10-21-20(23)16-6-9-19-17(13-16)12-15(2)22(19)27(3,24)25/h4-9,13,15H,10-12H2,1-3H3,(H,21,23). The first-order valence-electron chi connectivity index (χ1n) is 8.85. The molecule has 0 saturated heterocycles. The number of amides is 1. The van der Waals surface area contributed by atoms with E-state index in [1.165, 1.54) is 21.0 Å². The fourth-order valence-electron chi connectivity index (χ4n) is 3.32. The van der Waals surface area contributed by atoms with Gasteiger partial charge in [-0.1, -0.05) is 17.7 Å². The first-order valence-corrected chi connectivity index (χ1v) is 11.7. The third-order valence-corrected chi connectivity index (χ3v) is 6.81. The number of aryl methyl sites for hydroxylation is 1. The molecule has 0 bridgehead atoms. The second-order valence-electron chi connectivity index (χ2n) is 6.87. The molecule has 1 heterocycles. The second kappa shape index (κ2) is 7.94. The van der Waals surface area contributed by atoms with Gasteiger partial charge in [-0.3, -0.25) is 9.10 Å². The lowest BCUT2D eigenvalue weighted by molar-refractivity contribution is 0.0956. The van der Waals surface area contributed by atoms with E-state index in [-0.39, 0.29) is 11.9 Å². The van der Waals surface area contributed by atoms with Crippen LogP contribution in [0.3, 0.4) is 0 Å². The molecule has 0 fully saturated rings. The highest BCUT2D eigenvalue weighted by Gasteiger charge is 2.32. The fraction of sp³-hybridized carbons (Fsp3) is 0.350. The third kappa shape index (κ3) is 4.65. The number of rotatable bonds is 6. The van der Waals surface area contributed by atoms with Crippen molar-refractivity contribution in [1.82, 2.24) is 5.32 Å². The Balaban J connectivity index is 1.58. The summed E-state index contributed by atoms with van der Waals surface area (Å²) in [6.07, 6.45) is 1.83. The van der Waals surface area contributed by atoms with Crippen LogP contribution < -0.4 is 9.62 Å². The van der Waals surface area contributed by atoms with Crippen molar-refractivity contribution in [1.29, 1.82) is 0 Å². The van der Waals surface area contributed by atoms with E-state index in [1.807, 2.05) is 6.92 Å². The van der Waals surface area contributed by atoms with Gasteiger partial charge in [-0.15, -0.1) is 11.8 Å². The average Bonchev–Trinajstić information content (AvgIpc) is 2.95. The number of fused-ring (bicyclic) bond motifs is 1. The van der Waals surface area contributed by atoms with Crippen molar-refractivity contribution in [2.45, 2.75) is 31.2 Å². The molecule has 1 aliphatic heterocycles. The van der Waals surface area contributed by atoms with Gasteiger partial charge in [0.25, 0.3) is 5.91 Å². The summed E-state index contributed by atoms with van der Waals surface area (Å²) >= 11 is 1.70. The molecule has 5 nitrogen and oxygen atoms in total. The van der Waals surface area contributed by atoms with Crippen molar-refractivity contribution in [2.24, 2.45) is 0 Å². The monoisotopic (exact) mass is 404 g/mol. The number of thioether (sulfide) groups is 1. The molecule has 1 N–H and O–H groups in total. The number of sulfonamides is 1. The van der Waals surface area contributed by atoms with Gasteiger partial charge >= 0.3 is 0 Å². The van der Waals surface area contributed by atoms with Crippen LogP contribution in [0.25, 0.3) is 0 Å². The van der Waals surface area contributed by atoms with Gasteiger partial charge in [0.2, 0.25) is 10.0 Å². The molecule has 7 heteroatoms. The lowest BCUT2D eigenvalue weighted by atomic mass is 10.1. The molecule has 0 saturated carbocycles. The van der Waals surface area contributed by atoms with Crippen LogP contribution in [0.15, 0.2) is 47.4 Å². The zero-order chi connectivity index (χ0) is 19.6. The number of hydrogen-bond acceptors (Lipinski definition) is 4. The molecule has 27 heavy (non-hydrogen) atoms. The molecule has 1 atom stereocenters. The number of nitrogens with one attached hydrogen (secondary N) is 1. The van der Waals surface area contributed by atoms with E-state index >= 15 is 0 Å². The van der Waals surface area contributed by atoms with Gasteiger partial charge < -0.3 is 5.32 Å². The van der Waals surface area contributed by atoms with Crippen LogP contribution >= 0.6 is 11.8 Å². The van der Waals surface area contributed by atoms with E-state index < -0.39 is 10.0 Å². The van der Waals surface area contributed by atoms with Crippen molar-refractivity contribution >= 4 is 33.4 Å². The predicted molar refractivity (Wildman–Crippen MR) is 111 cm³/mol. The Morgan fingerprint density at radius 1 is 1.22 bits per heavy atom. The minimum absolute atomic E-state index is 0.126. The number of anilines is 1. The number of nitrogens with zero attached hydrogens (tertiary/aromatic N) is 1. The van der Waals surface area contributed by atoms with E-state index in [1.54, 1.807) is 30.0 Å². The summed E-state index contributed by atoms with van der Waals surface area (Å²) in [4.78, 5) is 13.6. The van der Waals surface area contributed by atoms with Gasteiger partial charge in [-0.2, -0.15) is 0 Å². The van der Waals surface area contributed by atoms with E-state index in [0.29, 0.717) is 24.2 Å². The lowest BCUT2D eigenvalue weighted by Crippen LogP contribution is -2.34. The maximum atomic E-state index is 12.4. The summed E-state index contributed by atoms with van der Waals surface area (Å²) in [6.45, 7) is 4.50. The average molecular weight is 405 g/mol. The zero-order valence-corrected chi connectivity index (χ0v) is 17.4. The van der Waals surface area contributed by atoms with Crippen LogP contribution in [-0.2, 0) is 16.4 Å². The quantitative estimate of drug-likeness (QED) is 0.593. The third-order valence-electron chi connectivity index (χ3n) is 4.53. The Bertz CT molecular complexity index is 940. The highest BCUT2D eigenvalue weighted by molar-refractivity contribution is 7.99. The summed E-state index contributed by atoms with van der Waals surface area (Å²) in [5.41, 5.74) is 3.37. The maximum Gasteiger partial charge on any atom is 0.251 e. The molecule has 2 aromatic carbocycles. The van der Waals surface area contributed by atoms with Gasteiger partial charge in [-0.25, -0.2) is 8.42 Å². The number of hydrogen-bond donors (Lipinski definition) is 1. The Hall–Kier alpha value is -1.99. The fourth-order valence-corrected chi connectivity index (χ4v) is 5.35. The van der Waals surface area contributed by atoms with E-state index in [0.717, 1.165) is 11.3 Å². The van der Waals surface area contributed by atoms with Crippen molar-refractivity contribution in [3.05, 3.63) is 59.2 Å². The highest BCUT2D eigenvalue weighted by atomic mass is 32.2. The molecule has 0 radical (unpaired) electrons. The topological polar surface area (TPSA) is 66.5 Å². The van der Waals surface area contributed by atoms with E-state index in [2.05, 4.69) is 36.5 Å². The minimum atomic E-state index is -3.31. The molecule has 2 aromatic rings. The van der Waals surface area contributed by atoms with Gasteiger partial charge in [0.05, 0.1) is 11.9 Å². The maximum absolute atomic E-state index is 12.4. The highest BCUT2D eigenvalue weighted by Crippen LogP contribution is 2.34. The molecule has 0 aliphatic carbocycles. The van der Waals surface area contributed by atoms with E-state index in [4.69, 9.17) is 0 Å². The number of benzene rings is 2. The van der Waals surface area contributed by atoms with Crippen molar-refractivity contribution in [2.75, 3.05) is 22.9 Å². The smallest absolute Gasteiger partial charge is 0.251 e. The van der Waals surface area contributed by atoms with E-state index in [9.17, 15) is 13.2 Å². The summed E-state index contributed by atoms with van der Waals surface area (Å²) in [6, 6.07) is 13.4. The van der Waals surface area contributed by atoms with Crippen molar-refractivity contribution in [3.8, 4) is 0 Å². The van der Waals surface area contributed by atoms with Gasteiger partial charge in [0, 0.05) is 28.8 Å². The minimum Gasteiger partial charge on any atom is -0.351 e. The summed E-state index contributed by atoms with van der Waals surface area (Å²) < 4.78 is 25.4. The molecule has 3 rings (SSSR count). The van der Waals surface area contributed by atoms with Crippen LogP contribution in [-0.4, -0.2) is 38.9 Å². The molecule has 1 unspecified atom stereocenters. The first kappa shape index (κ1) is 19.8. The molecular formula is C20H24N2O3S2. The number of carbonyl (C=O) groups excluding carboxylic acids is 1. The van der Waals surface area contributed by atoms with Crippen molar-refractivity contribution < 1.29 is 13.2 Å². The zero-order valence-electron chi connectivity index (χ0n) is 15.7. The van der Waals surface area contributed by atoms with Crippen LogP contribution in [0.5, 0.6) is 0 Å². The summed E-state index contributed by atoms with van der Waals surface area (Å²) in [5, 5.41) is 2.93. The van der Waals surface area contributed by atoms with Crippen LogP contribution in [0.4, 0.5) is 5.69 Å². The first-order chi connectivity index (χ1) is 12.8. The van der Waals surface area contributed by atoms with Crippen LogP contribution in [0, 0.1) is 6.92 Å². The van der Waals surface area contributed by atoms with Gasteiger partial charge in [-0.05, 0) is 56.2 Å². The van der Waals surface area contributed by atoms with Gasteiger partial charge in [0.1, 0.15) is 0 Å². The molecule has 0 aromatic heterocycles. The molecule has 1 aliphatic rings. The Morgan fingerprint density at radius 2 is 1.93 bits per heavy atom. The Morgan fingerprint density at radius 3 is 2.59 bits per heavy atom. The molecular weight excluding hydrogens is 380 g/mol. The largest absolute Gasteiger partial charge is 0.351 e. The Labute approximate surface area is 165 Å². The van der Waals surface area contributed by atoms with Crippen LogP contribution in [0.1, 0.15) is 28.4 Å². The molecule has 144 valence electrons. The van der Waals surface area contributed by atoms with Crippen molar-refractivity contribution in [3.63, 3.8) is 0 Å². The van der Waals surface area contributed by atoms with Crippen LogP contribution in [0.2, 0.25) is 0 Å². The lowest BCUT2D eigenvalue weighted by Gasteiger charge is -2.21.